The maximum absolute atomic E-state index is 12.6. The second-order valence-electron chi connectivity index (χ2n) is 5.70. The number of hydrogen-bond acceptors (Lipinski definition) is 3. The van der Waals surface area contributed by atoms with Gasteiger partial charge in [-0.1, -0.05) is 35.3 Å². The van der Waals surface area contributed by atoms with Crippen molar-refractivity contribution < 1.29 is 19.4 Å². The first-order valence-electron chi connectivity index (χ1n) is 7.57. The maximum atomic E-state index is 12.6. The van der Waals surface area contributed by atoms with Gasteiger partial charge in [-0.2, -0.15) is 0 Å². The normalized spacial score (nSPS) is 22.7. The number of nitrogens with one attached hydrogen (secondary N) is 1. The molecule has 1 aromatic rings. The average molecular weight is 380 g/mol. The Labute approximate surface area is 154 Å². The van der Waals surface area contributed by atoms with Crippen LogP contribution in [0.2, 0.25) is 10.0 Å². The van der Waals surface area contributed by atoms with E-state index in [2.05, 4.69) is 5.32 Å². The predicted molar refractivity (Wildman–Crippen MR) is 94.3 cm³/mol. The molecule has 0 unspecified atom stereocenters. The lowest BCUT2D eigenvalue weighted by molar-refractivity contribution is -0.142. The highest BCUT2D eigenvalue weighted by Crippen LogP contribution is 2.41. The van der Waals surface area contributed by atoms with Crippen LogP contribution in [0, 0.1) is 5.92 Å². The van der Waals surface area contributed by atoms with E-state index < -0.39 is 17.9 Å². The minimum atomic E-state index is -1.05. The highest BCUT2D eigenvalue weighted by atomic mass is 35.5. The van der Waals surface area contributed by atoms with E-state index >= 15 is 0 Å². The number of carbonyl (C=O) groups is 2. The molecule has 2 atom stereocenters. The SMILES string of the molecule is COC1=CCC=C2C(=C1)C(=O)N[C@@H](c1ccc(Cl)cc1Cl)[C@@H]2C(=O)O. The Morgan fingerprint density at radius 2 is 2.08 bits per heavy atom. The van der Waals surface area contributed by atoms with Gasteiger partial charge >= 0.3 is 5.97 Å². The van der Waals surface area contributed by atoms with Crippen LogP contribution in [-0.2, 0) is 14.3 Å². The molecule has 7 heteroatoms. The standard InChI is InChI=1S/C18H15Cl2NO4/c1-25-10-3-2-4-11-13(8-10)17(22)21-16(15(11)18(23)24)12-6-5-9(19)7-14(12)20/h3-8,15-16H,2H2,1H3,(H,21,22)(H,23,24)/t15-,16+/m1/s1. The van der Waals surface area contributed by atoms with Gasteiger partial charge in [0.15, 0.2) is 0 Å². The fraction of sp³-hybridized carbons (Fsp3) is 0.222. The highest BCUT2D eigenvalue weighted by molar-refractivity contribution is 6.35. The fourth-order valence-corrected chi connectivity index (χ4v) is 3.62. The summed E-state index contributed by atoms with van der Waals surface area (Å²) in [6.45, 7) is 0. The molecule has 0 saturated carbocycles. The van der Waals surface area contributed by atoms with E-state index in [-0.39, 0.29) is 5.91 Å². The van der Waals surface area contributed by atoms with Crippen molar-refractivity contribution >= 4 is 35.1 Å². The van der Waals surface area contributed by atoms with Crippen LogP contribution >= 0.6 is 23.2 Å². The van der Waals surface area contributed by atoms with Gasteiger partial charge in [-0.15, -0.1) is 0 Å². The van der Waals surface area contributed by atoms with Gasteiger partial charge in [0.25, 0.3) is 5.91 Å². The maximum Gasteiger partial charge on any atom is 0.313 e. The minimum absolute atomic E-state index is 0.291. The molecule has 0 bridgehead atoms. The van der Waals surface area contributed by atoms with Gasteiger partial charge in [-0.25, -0.2) is 0 Å². The van der Waals surface area contributed by atoms with Crippen LogP contribution in [0.3, 0.4) is 0 Å². The fourth-order valence-electron chi connectivity index (χ4n) is 3.10. The summed E-state index contributed by atoms with van der Waals surface area (Å²) < 4.78 is 5.20. The number of allylic oxidation sites excluding steroid dienone is 3. The molecule has 25 heavy (non-hydrogen) atoms. The summed E-state index contributed by atoms with van der Waals surface area (Å²) in [7, 11) is 1.50. The molecule has 0 radical (unpaired) electrons. The molecule has 5 nitrogen and oxygen atoms in total. The van der Waals surface area contributed by atoms with Crippen LogP contribution < -0.4 is 5.32 Å². The van der Waals surface area contributed by atoms with E-state index in [1.807, 2.05) is 0 Å². The van der Waals surface area contributed by atoms with Crippen LogP contribution in [0.25, 0.3) is 0 Å². The van der Waals surface area contributed by atoms with Crippen molar-refractivity contribution in [2.24, 2.45) is 5.92 Å². The van der Waals surface area contributed by atoms with Crippen molar-refractivity contribution in [3.63, 3.8) is 0 Å². The van der Waals surface area contributed by atoms with Gasteiger partial charge in [0.05, 0.1) is 13.2 Å². The summed E-state index contributed by atoms with van der Waals surface area (Å²) in [4.78, 5) is 24.6. The second-order valence-corrected chi connectivity index (χ2v) is 6.54. The number of aliphatic carboxylic acids is 1. The Hall–Kier alpha value is -2.24. The summed E-state index contributed by atoms with van der Waals surface area (Å²) in [5.74, 6) is -1.87. The summed E-state index contributed by atoms with van der Waals surface area (Å²) in [6, 6.07) is 3.99. The van der Waals surface area contributed by atoms with E-state index in [4.69, 9.17) is 27.9 Å². The Morgan fingerprint density at radius 3 is 2.72 bits per heavy atom. The zero-order valence-electron chi connectivity index (χ0n) is 13.3. The number of halogens is 2. The monoisotopic (exact) mass is 379 g/mol. The smallest absolute Gasteiger partial charge is 0.313 e. The van der Waals surface area contributed by atoms with Gasteiger partial charge in [0, 0.05) is 15.6 Å². The quantitative estimate of drug-likeness (QED) is 0.840. The van der Waals surface area contributed by atoms with Crippen LogP contribution in [0.1, 0.15) is 18.0 Å². The number of hydrogen-bond donors (Lipinski definition) is 2. The van der Waals surface area contributed by atoms with Crippen LogP contribution in [-0.4, -0.2) is 24.1 Å². The van der Waals surface area contributed by atoms with Crippen LogP contribution in [0.15, 0.2) is 53.3 Å². The summed E-state index contributed by atoms with van der Waals surface area (Å²) in [5, 5.41) is 13.3. The highest BCUT2D eigenvalue weighted by Gasteiger charge is 2.42. The average Bonchev–Trinajstić information content (AvgIpc) is 2.77. The molecular weight excluding hydrogens is 365 g/mol. The largest absolute Gasteiger partial charge is 0.497 e. The first-order valence-corrected chi connectivity index (χ1v) is 8.33. The van der Waals surface area contributed by atoms with Crippen molar-refractivity contribution in [2.45, 2.75) is 12.5 Å². The molecule has 1 heterocycles. The molecule has 1 saturated heterocycles. The van der Waals surface area contributed by atoms with Gasteiger partial charge < -0.3 is 15.2 Å². The van der Waals surface area contributed by atoms with E-state index in [1.54, 1.807) is 30.4 Å². The number of fused-ring (bicyclic) bond motifs is 1. The summed E-state index contributed by atoms with van der Waals surface area (Å²) in [6.07, 6.45) is 5.56. The Morgan fingerprint density at radius 1 is 1.32 bits per heavy atom. The molecule has 1 aliphatic heterocycles. The van der Waals surface area contributed by atoms with Gasteiger partial charge in [0.1, 0.15) is 11.7 Å². The molecule has 2 aliphatic rings. The molecular formula is C18H15Cl2NO4. The number of carbonyl (C=O) groups excluding carboxylic acids is 1. The van der Waals surface area contributed by atoms with E-state index in [1.165, 1.54) is 13.2 Å². The van der Waals surface area contributed by atoms with Crippen molar-refractivity contribution in [2.75, 3.05) is 7.11 Å². The van der Waals surface area contributed by atoms with E-state index in [0.717, 1.165) is 0 Å². The number of amides is 1. The second kappa shape index (κ2) is 6.94. The molecule has 1 amide bonds. The molecule has 1 aromatic carbocycles. The van der Waals surface area contributed by atoms with Crippen molar-refractivity contribution in [1.29, 1.82) is 0 Å². The van der Waals surface area contributed by atoms with Gasteiger partial charge in [-0.3, -0.25) is 9.59 Å². The Bertz CT molecular complexity index is 841. The third kappa shape index (κ3) is 3.30. The first-order chi connectivity index (χ1) is 11.9. The zero-order valence-corrected chi connectivity index (χ0v) is 14.8. The Balaban J connectivity index is 2.10. The summed E-state index contributed by atoms with van der Waals surface area (Å²) in [5.41, 5.74) is 1.26. The predicted octanol–water partition coefficient (Wildman–Crippen LogP) is 3.65. The number of benzene rings is 1. The van der Waals surface area contributed by atoms with Crippen LogP contribution in [0.4, 0.5) is 0 Å². The van der Waals surface area contributed by atoms with Crippen molar-refractivity contribution in [3.8, 4) is 0 Å². The number of carboxylic acid groups (broad SMARTS) is 1. The molecule has 3 rings (SSSR count). The van der Waals surface area contributed by atoms with Gasteiger partial charge in [0.2, 0.25) is 0 Å². The first kappa shape index (κ1) is 17.6. The van der Waals surface area contributed by atoms with E-state index in [0.29, 0.717) is 38.9 Å². The molecule has 1 fully saturated rings. The number of rotatable bonds is 3. The lowest BCUT2D eigenvalue weighted by atomic mass is 9.79. The topological polar surface area (TPSA) is 75.6 Å². The summed E-state index contributed by atoms with van der Waals surface area (Å²) >= 11 is 12.2. The van der Waals surface area contributed by atoms with Crippen molar-refractivity contribution in [1.82, 2.24) is 5.32 Å². The van der Waals surface area contributed by atoms with Crippen LogP contribution in [0.5, 0.6) is 0 Å². The molecule has 130 valence electrons. The number of piperidine rings is 1. The third-order valence-electron chi connectivity index (χ3n) is 4.25. The van der Waals surface area contributed by atoms with Gasteiger partial charge in [-0.05, 0) is 41.8 Å². The third-order valence-corrected chi connectivity index (χ3v) is 4.82. The lowest BCUT2D eigenvalue weighted by Crippen LogP contribution is -2.44. The molecule has 0 spiro atoms. The molecule has 0 aromatic heterocycles. The van der Waals surface area contributed by atoms with E-state index in [9.17, 15) is 14.7 Å². The molecule has 1 aliphatic carbocycles. The zero-order chi connectivity index (χ0) is 18.1. The van der Waals surface area contributed by atoms with Crippen molar-refractivity contribution in [3.05, 3.63) is 68.9 Å². The Kier molecular flexibility index (Phi) is 4.88. The number of carboxylic acids is 1. The minimum Gasteiger partial charge on any atom is -0.497 e. The number of ether oxygens (including phenoxy) is 1. The number of methoxy groups -OCH3 is 1. The molecule has 2 N–H and O–H groups in total. The lowest BCUT2D eigenvalue weighted by Gasteiger charge is -2.34.